The highest BCUT2D eigenvalue weighted by Gasteiger charge is 2.37. The SMILES string of the molecule is Cc1cnccc1C1CC1CCl. The van der Waals surface area contributed by atoms with Crippen molar-refractivity contribution in [3.05, 3.63) is 29.6 Å². The zero-order chi connectivity index (χ0) is 8.55. The highest BCUT2D eigenvalue weighted by Crippen LogP contribution is 2.48. The summed E-state index contributed by atoms with van der Waals surface area (Å²) in [5.41, 5.74) is 2.74. The topological polar surface area (TPSA) is 12.9 Å². The van der Waals surface area contributed by atoms with Gasteiger partial charge in [0, 0.05) is 18.3 Å². The molecule has 0 aliphatic heterocycles. The van der Waals surface area contributed by atoms with Crippen molar-refractivity contribution in [2.45, 2.75) is 19.3 Å². The number of alkyl halides is 1. The van der Waals surface area contributed by atoms with Crippen molar-refractivity contribution in [1.29, 1.82) is 0 Å². The van der Waals surface area contributed by atoms with E-state index in [-0.39, 0.29) is 0 Å². The fraction of sp³-hybridized carbons (Fsp3) is 0.500. The average Bonchev–Trinajstić information content (AvgIpc) is 2.84. The summed E-state index contributed by atoms with van der Waals surface area (Å²) in [4.78, 5) is 4.07. The molecular formula is C10H12ClN. The van der Waals surface area contributed by atoms with E-state index in [2.05, 4.69) is 18.0 Å². The fourth-order valence-corrected chi connectivity index (χ4v) is 2.04. The number of hydrogen-bond donors (Lipinski definition) is 0. The molecule has 1 saturated carbocycles. The lowest BCUT2D eigenvalue weighted by atomic mass is 10.1. The number of pyridine rings is 1. The third-order valence-electron chi connectivity index (χ3n) is 2.58. The minimum atomic E-state index is 0.713. The molecule has 2 atom stereocenters. The van der Waals surface area contributed by atoms with E-state index in [0.717, 1.165) is 5.88 Å². The van der Waals surface area contributed by atoms with Gasteiger partial charge in [0.1, 0.15) is 0 Å². The molecular weight excluding hydrogens is 170 g/mol. The van der Waals surface area contributed by atoms with Crippen LogP contribution < -0.4 is 0 Å². The van der Waals surface area contributed by atoms with Gasteiger partial charge in [0.2, 0.25) is 0 Å². The molecule has 1 aliphatic carbocycles. The number of aryl methyl sites for hydroxylation is 1. The molecule has 0 amide bonds. The first-order chi connectivity index (χ1) is 5.83. The smallest absolute Gasteiger partial charge is 0.0299 e. The summed E-state index contributed by atoms with van der Waals surface area (Å²) in [5.74, 6) is 2.23. The van der Waals surface area contributed by atoms with Gasteiger partial charge in [0.15, 0.2) is 0 Å². The molecule has 1 aliphatic rings. The van der Waals surface area contributed by atoms with Gasteiger partial charge in [-0.25, -0.2) is 0 Å². The lowest BCUT2D eigenvalue weighted by Gasteiger charge is -2.01. The molecule has 0 bridgehead atoms. The molecule has 64 valence electrons. The van der Waals surface area contributed by atoms with Gasteiger partial charge in [-0.05, 0) is 42.4 Å². The van der Waals surface area contributed by atoms with E-state index in [1.807, 2.05) is 12.4 Å². The maximum atomic E-state index is 5.78. The molecule has 1 aromatic heterocycles. The Morgan fingerprint density at radius 2 is 2.50 bits per heavy atom. The molecule has 2 rings (SSSR count). The molecule has 2 heteroatoms. The van der Waals surface area contributed by atoms with Gasteiger partial charge in [0.05, 0.1) is 0 Å². The van der Waals surface area contributed by atoms with E-state index < -0.39 is 0 Å². The number of aromatic nitrogens is 1. The molecule has 0 saturated heterocycles. The van der Waals surface area contributed by atoms with E-state index >= 15 is 0 Å². The number of rotatable bonds is 2. The summed E-state index contributed by atoms with van der Waals surface area (Å²) in [6.07, 6.45) is 5.05. The fourth-order valence-electron chi connectivity index (χ4n) is 1.70. The van der Waals surface area contributed by atoms with E-state index in [1.54, 1.807) is 0 Å². The number of hydrogen-bond acceptors (Lipinski definition) is 1. The van der Waals surface area contributed by atoms with Crippen molar-refractivity contribution in [1.82, 2.24) is 4.98 Å². The first-order valence-corrected chi connectivity index (χ1v) is 4.83. The molecule has 1 heterocycles. The Kier molecular flexibility index (Phi) is 2.05. The Hall–Kier alpha value is -0.560. The molecule has 0 spiro atoms. The minimum absolute atomic E-state index is 0.713. The first-order valence-electron chi connectivity index (χ1n) is 4.29. The largest absolute Gasteiger partial charge is 0.264 e. The summed E-state index contributed by atoms with van der Waals surface area (Å²) >= 11 is 5.78. The van der Waals surface area contributed by atoms with Gasteiger partial charge in [0.25, 0.3) is 0 Å². The van der Waals surface area contributed by atoms with Crippen molar-refractivity contribution in [2.24, 2.45) is 5.92 Å². The van der Waals surface area contributed by atoms with Crippen molar-refractivity contribution in [3.63, 3.8) is 0 Å². The maximum Gasteiger partial charge on any atom is 0.0299 e. The summed E-state index contributed by atoms with van der Waals surface area (Å²) < 4.78 is 0. The molecule has 1 nitrogen and oxygen atoms in total. The third kappa shape index (κ3) is 1.34. The van der Waals surface area contributed by atoms with Gasteiger partial charge in [-0.1, -0.05) is 0 Å². The highest BCUT2D eigenvalue weighted by atomic mass is 35.5. The molecule has 1 fully saturated rings. The average molecular weight is 182 g/mol. The van der Waals surface area contributed by atoms with Gasteiger partial charge in [-0.15, -0.1) is 11.6 Å². The summed E-state index contributed by atoms with van der Waals surface area (Å²) in [6.45, 7) is 2.12. The van der Waals surface area contributed by atoms with E-state index in [4.69, 9.17) is 11.6 Å². The standard InChI is InChI=1S/C10H12ClN/c1-7-6-12-3-2-9(7)10-4-8(10)5-11/h2-3,6,8,10H,4-5H2,1H3. The zero-order valence-corrected chi connectivity index (χ0v) is 7.88. The second-order valence-electron chi connectivity index (χ2n) is 3.49. The lowest BCUT2D eigenvalue weighted by Crippen LogP contribution is -1.89. The van der Waals surface area contributed by atoms with E-state index in [1.165, 1.54) is 17.5 Å². The lowest BCUT2D eigenvalue weighted by molar-refractivity contribution is 0.913. The second-order valence-corrected chi connectivity index (χ2v) is 3.80. The van der Waals surface area contributed by atoms with Crippen LogP contribution in [0.15, 0.2) is 18.5 Å². The minimum Gasteiger partial charge on any atom is -0.264 e. The zero-order valence-electron chi connectivity index (χ0n) is 7.13. The van der Waals surface area contributed by atoms with Crippen LogP contribution in [0.2, 0.25) is 0 Å². The molecule has 12 heavy (non-hydrogen) atoms. The Balaban J connectivity index is 2.19. The van der Waals surface area contributed by atoms with Gasteiger partial charge < -0.3 is 0 Å². The predicted molar refractivity (Wildman–Crippen MR) is 50.5 cm³/mol. The van der Waals surface area contributed by atoms with Crippen molar-refractivity contribution < 1.29 is 0 Å². The molecule has 0 radical (unpaired) electrons. The normalized spacial score (nSPS) is 27.2. The molecule has 1 aromatic rings. The van der Waals surface area contributed by atoms with Crippen LogP contribution >= 0.6 is 11.6 Å². The van der Waals surface area contributed by atoms with Crippen LogP contribution in [0.5, 0.6) is 0 Å². The Morgan fingerprint density at radius 3 is 3.08 bits per heavy atom. The van der Waals surface area contributed by atoms with Gasteiger partial charge in [-0.3, -0.25) is 4.98 Å². The molecule has 0 N–H and O–H groups in total. The van der Waals surface area contributed by atoms with Crippen LogP contribution in [0.1, 0.15) is 23.5 Å². The summed E-state index contributed by atoms with van der Waals surface area (Å²) in [5, 5.41) is 0. The van der Waals surface area contributed by atoms with Crippen molar-refractivity contribution >= 4 is 11.6 Å². The van der Waals surface area contributed by atoms with E-state index in [0.29, 0.717) is 11.8 Å². The summed E-state index contributed by atoms with van der Waals surface area (Å²) in [7, 11) is 0. The highest BCUT2D eigenvalue weighted by molar-refractivity contribution is 6.18. The third-order valence-corrected chi connectivity index (χ3v) is 2.98. The van der Waals surface area contributed by atoms with Crippen molar-refractivity contribution in [3.8, 4) is 0 Å². The van der Waals surface area contributed by atoms with Crippen LogP contribution in [-0.4, -0.2) is 10.9 Å². The van der Waals surface area contributed by atoms with Crippen LogP contribution in [0.3, 0.4) is 0 Å². The van der Waals surface area contributed by atoms with Crippen LogP contribution in [0, 0.1) is 12.8 Å². The Bertz CT molecular complexity index is 285. The molecule has 0 aromatic carbocycles. The quantitative estimate of drug-likeness (QED) is 0.640. The van der Waals surface area contributed by atoms with E-state index in [9.17, 15) is 0 Å². The monoisotopic (exact) mass is 181 g/mol. The van der Waals surface area contributed by atoms with Crippen molar-refractivity contribution in [2.75, 3.05) is 5.88 Å². The Morgan fingerprint density at radius 1 is 1.67 bits per heavy atom. The second kappa shape index (κ2) is 3.06. The number of nitrogens with zero attached hydrogens (tertiary/aromatic N) is 1. The molecule has 2 unspecified atom stereocenters. The van der Waals surface area contributed by atoms with Gasteiger partial charge >= 0.3 is 0 Å². The van der Waals surface area contributed by atoms with Crippen LogP contribution in [0.4, 0.5) is 0 Å². The number of halogens is 1. The first kappa shape index (κ1) is 8.06. The van der Waals surface area contributed by atoms with Gasteiger partial charge in [-0.2, -0.15) is 0 Å². The van der Waals surface area contributed by atoms with Crippen LogP contribution in [0.25, 0.3) is 0 Å². The summed E-state index contributed by atoms with van der Waals surface area (Å²) in [6, 6.07) is 2.12. The van der Waals surface area contributed by atoms with Crippen LogP contribution in [-0.2, 0) is 0 Å². The Labute approximate surface area is 77.8 Å². The maximum absolute atomic E-state index is 5.78. The predicted octanol–water partition coefficient (Wildman–Crippen LogP) is 2.73.